The van der Waals surface area contributed by atoms with Crippen LogP contribution >= 0.6 is 9.24 Å². The fourth-order valence-electron chi connectivity index (χ4n) is 2.56. The van der Waals surface area contributed by atoms with Crippen LogP contribution in [0.2, 0.25) is 0 Å². The number of hydrogen-bond donors (Lipinski definition) is 0. The Morgan fingerprint density at radius 2 is 1.59 bits per heavy atom. The molecule has 0 heterocycles. The summed E-state index contributed by atoms with van der Waals surface area (Å²) in [5.74, 6) is 1.85. The molecule has 2 nitrogen and oxygen atoms in total. The highest BCUT2D eigenvalue weighted by atomic mass is 31.0. The van der Waals surface area contributed by atoms with E-state index in [2.05, 4.69) is 30.0 Å². The van der Waals surface area contributed by atoms with Crippen LogP contribution < -0.4 is 9.47 Å². The predicted molar refractivity (Wildman–Crippen MR) is 74.9 cm³/mol. The molecule has 17 heavy (non-hydrogen) atoms. The van der Waals surface area contributed by atoms with Crippen molar-refractivity contribution in [1.82, 2.24) is 0 Å². The first kappa shape index (κ1) is 12.4. The van der Waals surface area contributed by atoms with E-state index in [0.717, 1.165) is 11.5 Å². The molecular formula is C14H19O2P. The highest BCUT2D eigenvalue weighted by Crippen LogP contribution is 2.55. The van der Waals surface area contributed by atoms with Crippen LogP contribution in [0, 0.1) is 0 Å². The Labute approximate surface area is 105 Å². The molecule has 0 aliphatic heterocycles. The van der Waals surface area contributed by atoms with Gasteiger partial charge in [-0.05, 0) is 38.5 Å². The molecule has 0 saturated heterocycles. The molecule has 2 atom stereocenters. The summed E-state index contributed by atoms with van der Waals surface area (Å²) in [6, 6.07) is 3.95. The first-order chi connectivity index (χ1) is 7.95. The third kappa shape index (κ3) is 1.58. The van der Waals surface area contributed by atoms with Crippen LogP contribution in [0.3, 0.4) is 0 Å². The molecule has 1 aliphatic carbocycles. The molecule has 0 bridgehead atoms. The van der Waals surface area contributed by atoms with Crippen LogP contribution in [0.25, 0.3) is 5.57 Å². The largest absolute Gasteiger partial charge is 0.496 e. The lowest BCUT2D eigenvalue weighted by Gasteiger charge is -2.24. The van der Waals surface area contributed by atoms with Gasteiger partial charge in [-0.2, -0.15) is 0 Å². The van der Waals surface area contributed by atoms with Gasteiger partial charge in [-0.3, -0.25) is 0 Å². The van der Waals surface area contributed by atoms with Gasteiger partial charge >= 0.3 is 0 Å². The normalized spacial score (nSPS) is 22.7. The Morgan fingerprint density at radius 3 is 2.12 bits per heavy atom. The SMILES string of the molecule is COc1ccc(OC)c2c1C(C)=C(C)[C@]2(C)P. The zero-order chi connectivity index (χ0) is 12.8. The topological polar surface area (TPSA) is 18.5 Å². The van der Waals surface area contributed by atoms with Crippen LogP contribution in [0.4, 0.5) is 0 Å². The van der Waals surface area contributed by atoms with Gasteiger partial charge in [-0.15, -0.1) is 9.24 Å². The lowest BCUT2D eigenvalue weighted by Crippen LogP contribution is -2.12. The first-order valence-electron chi connectivity index (χ1n) is 5.67. The van der Waals surface area contributed by atoms with Crippen molar-refractivity contribution in [2.75, 3.05) is 14.2 Å². The maximum atomic E-state index is 5.49. The lowest BCUT2D eigenvalue weighted by atomic mass is 9.96. The monoisotopic (exact) mass is 250 g/mol. The smallest absolute Gasteiger partial charge is 0.126 e. The Kier molecular flexibility index (Phi) is 2.95. The molecule has 0 N–H and O–H groups in total. The molecule has 1 aliphatic rings. The van der Waals surface area contributed by atoms with E-state index in [1.807, 2.05) is 12.1 Å². The van der Waals surface area contributed by atoms with Crippen molar-refractivity contribution in [3.8, 4) is 11.5 Å². The molecule has 0 saturated carbocycles. The average molecular weight is 250 g/mol. The van der Waals surface area contributed by atoms with E-state index in [4.69, 9.17) is 9.47 Å². The van der Waals surface area contributed by atoms with E-state index in [1.165, 1.54) is 22.3 Å². The second-order valence-corrected chi connectivity index (χ2v) is 5.83. The number of rotatable bonds is 2. The second-order valence-electron chi connectivity index (χ2n) is 4.67. The third-order valence-corrected chi connectivity index (χ3v) is 4.53. The quantitative estimate of drug-likeness (QED) is 0.747. The molecule has 0 spiro atoms. The van der Waals surface area contributed by atoms with Crippen molar-refractivity contribution in [3.05, 3.63) is 28.8 Å². The zero-order valence-corrected chi connectivity index (χ0v) is 12.2. The van der Waals surface area contributed by atoms with Gasteiger partial charge in [0, 0.05) is 16.3 Å². The fourth-order valence-corrected chi connectivity index (χ4v) is 3.06. The van der Waals surface area contributed by atoms with Crippen molar-refractivity contribution in [2.45, 2.75) is 25.9 Å². The zero-order valence-electron chi connectivity index (χ0n) is 11.0. The number of methoxy groups -OCH3 is 2. The minimum absolute atomic E-state index is 0.0701. The summed E-state index contributed by atoms with van der Waals surface area (Å²) in [5, 5.41) is -0.0701. The van der Waals surface area contributed by atoms with E-state index >= 15 is 0 Å². The second kappa shape index (κ2) is 4.03. The van der Waals surface area contributed by atoms with Crippen LogP contribution in [0.15, 0.2) is 17.7 Å². The Bertz CT molecular complexity index is 501. The Hall–Kier alpha value is -1.01. The summed E-state index contributed by atoms with van der Waals surface area (Å²) in [6.07, 6.45) is 0. The number of allylic oxidation sites excluding steroid dienone is 2. The molecule has 1 aromatic rings. The van der Waals surface area contributed by atoms with Gasteiger partial charge in [0.2, 0.25) is 0 Å². The molecule has 0 aromatic heterocycles. The maximum absolute atomic E-state index is 5.49. The molecular weight excluding hydrogens is 231 g/mol. The third-order valence-electron chi connectivity index (χ3n) is 3.80. The van der Waals surface area contributed by atoms with Crippen molar-refractivity contribution in [2.24, 2.45) is 0 Å². The van der Waals surface area contributed by atoms with E-state index < -0.39 is 0 Å². The molecule has 2 rings (SSSR count). The highest BCUT2D eigenvalue weighted by Gasteiger charge is 2.38. The fraction of sp³-hybridized carbons (Fsp3) is 0.429. The van der Waals surface area contributed by atoms with Gasteiger partial charge in [-0.25, -0.2) is 0 Å². The predicted octanol–water partition coefficient (Wildman–Crippen LogP) is 3.60. The summed E-state index contributed by atoms with van der Waals surface area (Å²) >= 11 is 0. The van der Waals surface area contributed by atoms with Crippen molar-refractivity contribution in [1.29, 1.82) is 0 Å². The summed E-state index contributed by atoms with van der Waals surface area (Å²) in [6.45, 7) is 6.51. The lowest BCUT2D eigenvalue weighted by molar-refractivity contribution is 0.396. The van der Waals surface area contributed by atoms with Crippen molar-refractivity contribution < 1.29 is 9.47 Å². The summed E-state index contributed by atoms with van der Waals surface area (Å²) in [4.78, 5) is 0. The average Bonchev–Trinajstić information content (AvgIpc) is 2.51. The van der Waals surface area contributed by atoms with Gasteiger partial charge in [-0.1, -0.05) is 5.57 Å². The molecule has 0 amide bonds. The summed E-state index contributed by atoms with van der Waals surface area (Å²) in [7, 11) is 6.36. The Morgan fingerprint density at radius 1 is 1.06 bits per heavy atom. The molecule has 0 radical (unpaired) electrons. The van der Waals surface area contributed by atoms with E-state index in [1.54, 1.807) is 14.2 Å². The highest BCUT2D eigenvalue weighted by molar-refractivity contribution is 7.19. The van der Waals surface area contributed by atoms with Crippen LogP contribution in [0.1, 0.15) is 31.9 Å². The summed E-state index contributed by atoms with van der Waals surface area (Å²) in [5.41, 5.74) is 5.02. The molecule has 3 heteroatoms. The molecule has 92 valence electrons. The number of fused-ring (bicyclic) bond motifs is 1. The minimum Gasteiger partial charge on any atom is -0.496 e. The maximum Gasteiger partial charge on any atom is 0.126 e. The van der Waals surface area contributed by atoms with Crippen LogP contribution in [0.5, 0.6) is 11.5 Å². The molecule has 1 aromatic carbocycles. The van der Waals surface area contributed by atoms with E-state index in [9.17, 15) is 0 Å². The van der Waals surface area contributed by atoms with Gasteiger partial charge < -0.3 is 9.47 Å². The molecule has 0 fully saturated rings. The number of ether oxygens (including phenoxy) is 2. The van der Waals surface area contributed by atoms with Crippen molar-refractivity contribution >= 4 is 14.8 Å². The van der Waals surface area contributed by atoms with Crippen LogP contribution in [-0.2, 0) is 5.16 Å². The van der Waals surface area contributed by atoms with Gasteiger partial charge in [0.25, 0.3) is 0 Å². The minimum atomic E-state index is -0.0701. The van der Waals surface area contributed by atoms with Gasteiger partial charge in [0.05, 0.1) is 14.2 Å². The standard InChI is InChI=1S/C14H19O2P/c1-8-9(2)14(3,17)13-11(16-5)7-6-10(15-4)12(8)13/h6-7H,17H2,1-5H3/t14-/m0/s1. The summed E-state index contributed by atoms with van der Waals surface area (Å²) < 4.78 is 11.0. The number of hydrogen-bond acceptors (Lipinski definition) is 2. The van der Waals surface area contributed by atoms with Crippen LogP contribution in [-0.4, -0.2) is 14.2 Å². The first-order valence-corrected chi connectivity index (χ1v) is 6.25. The Balaban J connectivity index is 2.81. The van der Waals surface area contributed by atoms with Gasteiger partial charge in [0.1, 0.15) is 11.5 Å². The van der Waals surface area contributed by atoms with Crippen molar-refractivity contribution in [3.63, 3.8) is 0 Å². The van der Waals surface area contributed by atoms with E-state index in [-0.39, 0.29) is 5.16 Å². The number of benzene rings is 1. The van der Waals surface area contributed by atoms with E-state index in [0.29, 0.717) is 0 Å². The molecule has 1 unspecified atom stereocenters. The van der Waals surface area contributed by atoms with Gasteiger partial charge in [0.15, 0.2) is 0 Å².